The van der Waals surface area contributed by atoms with E-state index in [9.17, 15) is 24.4 Å². The number of hydrogen-bond donors (Lipinski definition) is 1. The van der Waals surface area contributed by atoms with Gasteiger partial charge >= 0.3 is 0 Å². The van der Waals surface area contributed by atoms with Crippen LogP contribution in [0.25, 0.3) is 21.9 Å². The van der Waals surface area contributed by atoms with E-state index in [0.717, 1.165) is 90.2 Å². The molecule has 3 aromatic carbocycles. The Balaban J connectivity index is 0.952. The van der Waals surface area contributed by atoms with Gasteiger partial charge in [-0.3, -0.25) is 14.9 Å². The van der Waals surface area contributed by atoms with Gasteiger partial charge in [-0.15, -0.1) is 0 Å². The van der Waals surface area contributed by atoms with E-state index in [0.29, 0.717) is 30.1 Å². The summed E-state index contributed by atoms with van der Waals surface area (Å²) in [6, 6.07) is 19.4. The molecule has 4 aliphatic rings. The van der Waals surface area contributed by atoms with Gasteiger partial charge in [0, 0.05) is 53.8 Å². The Bertz CT molecular complexity index is 2710. The molecule has 2 aliphatic heterocycles. The van der Waals surface area contributed by atoms with E-state index in [4.69, 9.17) is 4.52 Å². The van der Waals surface area contributed by atoms with E-state index in [-0.39, 0.29) is 39.8 Å². The van der Waals surface area contributed by atoms with Gasteiger partial charge in [0.1, 0.15) is 28.3 Å². The molecular weight excluding hydrogens is 736 g/mol. The van der Waals surface area contributed by atoms with Crippen molar-refractivity contribution in [1.29, 1.82) is 5.26 Å². The lowest BCUT2D eigenvalue weighted by atomic mass is 9.57. The first-order valence-corrected chi connectivity index (χ1v) is 20.0. The van der Waals surface area contributed by atoms with Crippen LogP contribution in [0, 0.1) is 49.3 Å². The van der Waals surface area contributed by atoms with E-state index in [1.165, 1.54) is 10.6 Å². The lowest BCUT2D eigenvalue weighted by Crippen LogP contribution is -2.49. The van der Waals surface area contributed by atoms with Crippen molar-refractivity contribution in [2.45, 2.75) is 83.6 Å². The summed E-state index contributed by atoms with van der Waals surface area (Å²) in [5.41, 5.74) is 7.41. The number of amides is 2. The number of anilines is 3. The molecule has 9 rings (SSSR count). The molecule has 2 saturated carbocycles. The van der Waals surface area contributed by atoms with Crippen LogP contribution < -0.4 is 25.8 Å². The van der Waals surface area contributed by atoms with E-state index in [1.807, 2.05) is 30.6 Å². The summed E-state index contributed by atoms with van der Waals surface area (Å²) in [6.07, 6.45) is 5.76. The first-order chi connectivity index (χ1) is 28.0. The molecule has 1 atom stereocenters. The second kappa shape index (κ2) is 14.0. The first kappa shape index (κ1) is 37.3. The molecule has 1 unspecified atom stereocenters. The van der Waals surface area contributed by atoms with E-state index < -0.39 is 23.7 Å². The minimum atomic E-state index is -0.991. The molecule has 0 radical (unpaired) electrons. The Morgan fingerprint density at radius 1 is 0.948 bits per heavy atom. The van der Waals surface area contributed by atoms with E-state index in [2.05, 4.69) is 70.8 Å². The highest BCUT2D eigenvalue weighted by atomic mass is 19.1. The molecule has 12 heteroatoms. The summed E-state index contributed by atoms with van der Waals surface area (Å²) in [4.78, 5) is 53.5. The van der Waals surface area contributed by atoms with E-state index >= 15 is 4.39 Å². The standard InChI is InChI=1S/C46H43FN6O5/c1-27-4-5-31(43-28(2)50-58-29(43)3)18-38(27)52(33-8-6-32(7-9-33)46(26-48)12-13-46)23-30-21-45(22-30)14-16-51(17-15-45)39-20-35-34(19-36(39)47)40(24-54)53(41(35)25-55)37-10-11-42(56)49-44(37)57/h4-9,18-20,30,37H,10-17,21-23H2,1-3H3,(H,49,56,57). The number of halogens is 1. The number of aryl methyl sites for hydroxylation is 3. The Labute approximate surface area is 334 Å². The number of carbonyl (C=O) groups excluding carboxylic acids is 4. The van der Waals surface area contributed by atoms with Crippen molar-refractivity contribution < 1.29 is 28.1 Å². The Kier molecular flexibility index (Phi) is 8.99. The number of carbonyl (C=O) groups is 2. The van der Waals surface area contributed by atoms with Gasteiger partial charge in [0.25, 0.3) is 0 Å². The van der Waals surface area contributed by atoms with Crippen molar-refractivity contribution >= 4 is 51.5 Å². The van der Waals surface area contributed by atoms with Crippen molar-refractivity contribution in [1.82, 2.24) is 15.0 Å². The number of piperidine rings is 2. The Morgan fingerprint density at radius 3 is 2.24 bits per heavy atom. The third kappa shape index (κ3) is 6.14. The molecule has 0 bridgehead atoms. The van der Waals surface area contributed by atoms with Gasteiger partial charge < -0.3 is 18.9 Å². The fourth-order valence-corrected chi connectivity index (χ4v) is 10.0. The van der Waals surface area contributed by atoms with Crippen molar-refractivity contribution in [3.63, 3.8) is 0 Å². The van der Waals surface area contributed by atoms with Crippen molar-refractivity contribution in [2.75, 3.05) is 29.4 Å². The lowest BCUT2D eigenvalue weighted by molar-refractivity contribution is -0.135. The summed E-state index contributed by atoms with van der Waals surface area (Å²) in [5, 5.41) is 16.7. The molecule has 2 amide bonds. The molecule has 2 saturated heterocycles. The predicted octanol–water partition coefficient (Wildman–Crippen LogP) is 5.73. The zero-order chi connectivity index (χ0) is 40.5. The van der Waals surface area contributed by atoms with Crippen LogP contribution in [0.4, 0.5) is 21.5 Å². The number of rotatable bonds is 8. The van der Waals surface area contributed by atoms with Crippen molar-refractivity contribution in [3.8, 4) is 17.2 Å². The SMILES string of the molecule is Cc1ccc(-c2c(C)noc2C)cc1N(CC1CC2(CCN(c3cc4c(=C=O)n(C5CCC(=O)NC5=O)c(=C=O)c4cc3F)CC2)C1)c1ccc(C2(C#N)CC2)cc1. The van der Waals surface area contributed by atoms with E-state index in [1.54, 1.807) is 6.07 Å². The highest BCUT2D eigenvalue weighted by Gasteiger charge is 2.47. The smallest absolute Gasteiger partial charge is 0.249 e. The highest BCUT2D eigenvalue weighted by Crippen LogP contribution is 2.54. The average Bonchev–Trinajstić information content (AvgIpc) is 3.86. The van der Waals surface area contributed by atoms with Gasteiger partial charge in [0.2, 0.25) is 11.8 Å². The molecule has 5 aromatic rings. The molecule has 11 nitrogen and oxygen atoms in total. The maximum absolute atomic E-state index is 15.9. The third-order valence-corrected chi connectivity index (χ3v) is 13.4. The van der Waals surface area contributed by atoms with Gasteiger partial charge in [-0.05, 0) is 124 Å². The molecule has 1 spiro atoms. The van der Waals surface area contributed by atoms with Gasteiger partial charge in [-0.1, -0.05) is 29.4 Å². The minimum Gasteiger partial charge on any atom is -0.369 e. The van der Waals surface area contributed by atoms with Gasteiger partial charge in [-0.25, -0.2) is 14.0 Å². The fraction of sp³-hybridized carbons (Fsp3) is 0.391. The number of nitrogens with zero attached hydrogens (tertiary/aromatic N) is 5. The third-order valence-electron chi connectivity index (χ3n) is 13.4. The zero-order valence-electron chi connectivity index (χ0n) is 32.8. The topological polar surface area (TPSA) is 142 Å². The molecule has 4 fully saturated rings. The van der Waals surface area contributed by atoms with Crippen LogP contribution in [0.15, 0.2) is 59.1 Å². The number of nitrogens with one attached hydrogen (secondary N) is 1. The number of imide groups is 1. The second-order valence-corrected chi connectivity index (χ2v) is 16.9. The zero-order valence-corrected chi connectivity index (χ0v) is 32.8. The number of hydrogen-bond acceptors (Lipinski definition) is 9. The van der Waals surface area contributed by atoms with Crippen LogP contribution in [0.1, 0.15) is 80.0 Å². The monoisotopic (exact) mass is 778 g/mol. The van der Waals surface area contributed by atoms with Crippen LogP contribution in [-0.4, -0.2) is 53.1 Å². The average molecular weight is 779 g/mol. The minimum absolute atomic E-state index is 0.0387. The van der Waals surface area contributed by atoms with Crippen molar-refractivity contribution in [2.24, 2.45) is 11.3 Å². The first-order valence-electron chi connectivity index (χ1n) is 20.0. The summed E-state index contributed by atoms with van der Waals surface area (Å²) >= 11 is 0. The van der Waals surface area contributed by atoms with Crippen molar-refractivity contribution in [3.05, 3.63) is 93.7 Å². The molecular formula is C46H43FN6O5. The van der Waals surface area contributed by atoms with Crippen LogP contribution in [0.3, 0.4) is 0 Å². The van der Waals surface area contributed by atoms with Crippen LogP contribution in [-0.2, 0) is 24.6 Å². The molecule has 2 aromatic heterocycles. The molecule has 294 valence electrons. The van der Waals surface area contributed by atoms with Gasteiger partial charge in [-0.2, -0.15) is 5.26 Å². The maximum atomic E-state index is 15.9. The van der Waals surface area contributed by atoms with Crippen LogP contribution in [0.2, 0.25) is 0 Å². The Morgan fingerprint density at radius 2 is 1.64 bits per heavy atom. The van der Waals surface area contributed by atoms with Gasteiger partial charge in [0.05, 0.1) is 22.9 Å². The summed E-state index contributed by atoms with van der Waals surface area (Å²) in [7, 11) is 0. The fourth-order valence-electron chi connectivity index (χ4n) is 10.0. The largest absolute Gasteiger partial charge is 0.369 e. The molecule has 1 N–H and O–H groups in total. The number of benzene rings is 3. The summed E-state index contributed by atoms with van der Waals surface area (Å²) < 4.78 is 22.7. The Hall–Kier alpha value is -6.27. The highest BCUT2D eigenvalue weighted by molar-refractivity contribution is 6.00. The normalized spacial score (nSPS) is 19.6. The number of fused-ring (bicyclic) bond motifs is 1. The quantitative estimate of drug-likeness (QED) is 0.196. The molecule has 58 heavy (non-hydrogen) atoms. The van der Waals surface area contributed by atoms with Crippen LogP contribution >= 0.6 is 0 Å². The summed E-state index contributed by atoms with van der Waals surface area (Å²) in [5.74, 6) is 3.31. The maximum Gasteiger partial charge on any atom is 0.249 e. The summed E-state index contributed by atoms with van der Waals surface area (Å²) in [6.45, 7) is 8.09. The number of nitriles is 1. The molecule has 4 heterocycles. The molecule has 2 aliphatic carbocycles. The van der Waals surface area contributed by atoms with Crippen LogP contribution in [0.5, 0.6) is 0 Å². The van der Waals surface area contributed by atoms with Gasteiger partial charge in [0.15, 0.2) is 11.9 Å². The number of aromatic nitrogens is 2. The lowest BCUT2D eigenvalue weighted by Gasteiger charge is -2.53. The predicted molar refractivity (Wildman–Crippen MR) is 215 cm³/mol. The second-order valence-electron chi connectivity index (χ2n) is 16.9.